The maximum Gasteiger partial charge on any atom is 0.326 e. The van der Waals surface area contributed by atoms with E-state index in [-0.39, 0.29) is 5.41 Å². The van der Waals surface area contributed by atoms with Gasteiger partial charge in [0.1, 0.15) is 6.04 Å². The maximum atomic E-state index is 11.8. The van der Waals surface area contributed by atoms with Gasteiger partial charge in [0, 0.05) is 34.0 Å². The molecule has 2 amide bonds. The predicted molar refractivity (Wildman–Crippen MR) is 79.3 cm³/mol. The van der Waals surface area contributed by atoms with Crippen LogP contribution in [0.4, 0.5) is 4.79 Å². The molecular formula is C14H28N2O5. The van der Waals surface area contributed by atoms with E-state index in [1.54, 1.807) is 14.2 Å². The minimum Gasteiger partial charge on any atom is -0.480 e. The molecule has 0 aliphatic rings. The highest BCUT2D eigenvalue weighted by Crippen LogP contribution is 2.18. The van der Waals surface area contributed by atoms with Gasteiger partial charge in [0.05, 0.1) is 0 Å². The standard InChI is InChI=1S/C14H28N2O5/c1-14(2,7-9-21-4)10-15-13(19)16-11(12(17)18)6-5-8-20-3/h11H,5-10H2,1-4H3,(H,17,18)(H2,15,16,19). The largest absolute Gasteiger partial charge is 0.480 e. The predicted octanol–water partition coefficient (Wildman–Crippen LogP) is 1.23. The molecule has 0 aromatic heterocycles. The van der Waals surface area contributed by atoms with Crippen molar-refractivity contribution in [1.29, 1.82) is 0 Å². The molecule has 0 heterocycles. The first-order valence-electron chi connectivity index (χ1n) is 7.07. The van der Waals surface area contributed by atoms with Gasteiger partial charge in [-0.05, 0) is 24.7 Å². The SMILES string of the molecule is COCCCC(NC(=O)NCC(C)(C)CCOC)C(=O)O. The summed E-state index contributed by atoms with van der Waals surface area (Å²) in [5, 5.41) is 14.2. The van der Waals surface area contributed by atoms with Crippen LogP contribution in [0.1, 0.15) is 33.1 Å². The number of nitrogens with one attached hydrogen (secondary N) is 2. The summed E-state index contributed by atoms with van der Waals surface area (Å²) in [6.45, 7) is 5.56. The number of urea groups is 1. The Labute approximate surface area is 126 Å². The van der Waals surface area contributed by atoms with Crippen molar-refractivity contribution >= 4 is 12.0 Å². The lowest BCUT2D eigenvalue weighted by molar-refractivity contribution is -0.139. The molecule has 0 saturated heterocycles. The monoisotopic (exact) mass is 304 g/mol. The van der Waals surface area contributed by atoms with E-state index >= 15 is 0 Å². The van der Waals surface area contributed by atoms with E-state index in [1.807, 2.05) is 13.8 Å². The third-order valence-corrected chi connectivity index (χ3v) is 3.16. The molecule has 0 rings (SSSR count). The van der Waals surface area contributed by atoms with Crippen LogP contribution >= 0.6 is 0 Å². The molecule has 0 aromatic carbocycles. The molecule has 0 aromatic rings. The van der Waals surface area contributed by atoms with Crippen LogP contribution in [0.5, 0.6) is 0 Å². The van der Waals surface area contributed by atoms with Gasteiger partial charge in [-0.3, -0.25) is 0 Å². The Bertz CT molecular complexity index is 320. The van der Waals surface area contributed by atoms with Crippen molar-refractivity contribution in [3.05, 3.63) is 0 Å². The van der Waals surface area contributed by atoms with Crippen molar-refractivity contribution in [2.75, 3.05) is 34.0 Å². The van der Waals surface area contributed by atoms with Crippen molar-refractivity contribution in [3.63, 3.8) is 0 Å². The van der Waals surface area contributed by atoms with Crippen molar-refractivity contribution in [2.45, 2.75) is 39.2 Å². The van der Waals surface area contributed by atoms with Crippen molar-refractivity contribution in [1.82, 2.24) is 10.6 Å². The summed E-state index contributed by atoms with van der Waals surface area (Å²) in [6.07, 6.45) is 1.72. The van der Waals surface area contributed by atoms with E-state index in [0.717, 1.165) is 6.42 Å². The van der Waals surface area contributed by atoms with Crippen LogP contribution in [0, 0.1) is 5.41 Å². The van der Waals surface area contributed by atoms with Gasteiger partial charge in [0.15, 0.2) is 0 Å². The molecule has 7 heteroatoms. The Hall–Kier alpha value is -1.34. The first-order chi connectivity index (χ1) is 9.82. The zero-order chi connectivity index (χ0) is 16.3. The van der Waals surface area contributed by atoms with Gasteiger partial charge >= 0.3 is 12.0 Å². The minimum absolute atomic E-state index is 0.109. The molecule has 0 spiro atoms. The zero-order valence-corrected chi connectivity index (χ0v) is 13.4. The van der Waals surface area contributed by atoms with Crippen molar-refractivity contribution < 1.29 is 24.2 Å². The van der Waals surface area contributed by atoms with Gasteiger partial charge in [-0.15, -0.1) is 0 Å². The van der Waals surface area contributed by atoms with Gasteiger partial charge in [0.25, 0.3) is 0 Å². The molecule has 1 atom stereocenters. The Balaban J connectivity index is 4.16. The average molecular weight is 304 g/mol. The summed E-state index contributed by atoms with van der Waals surface area (Å²) >= 11 is 0. The van der Waals surface area contributed by atoms with Gasteiger partial charge in [0.2, 0.25) is 0 Å². The Morgan fingerprint density at radius 1 is 1.19 bits per heavy atom. The number of hydrogen-bond donors (Lipinski definition) is 3. The van der Waals surface area contributed by atoms with Crippen LogP contribution < -0.4 is 10.6 Å². The lowest BCUT2D eigenvalue weighted by Gasteiger charge is -2.25. The molecule has 0 aliphatic carbocycles. The van der Waals surface area contributed by atoms with Crippen LogP contribution in [-0.4, -0.2) is 57.1 Å². The average Bonchev–Trinajstić information content (AvgIpc) is 2.42. The molecule has 21 heavy (non-hydrogen) atoms. The molecule has 1 unspecified atom stereocenters. The topological polar surface area (TPSA) is 96.9 Å². The first kappa shape index (κ1) is 19.7. The van der Waals surface area contributed by atoms with E-state index in [0.29, 0.717) is 32.6 Å². The summed E-state index contributed by atoms with van der Waals surface area (Å²) in [5.74, 6) is -1.04. The summed E-state index contributed by atoms with van der Waals surface area (Å²) in [5.41, 5.74) is -0.109. The molecule has 0 aliphatic heterocycles. The van der Waals surface area contributed by atoms with E-state index in [9.17, 15) is 9.59 Å². The molecule has 7 nitrogen and oxygen atoms in total. The highest BCUT2D eigenvalue weighted by atomic mass is 16.5. The molecule has 3 N–H and O–H groups in total. The number of ether oxygens (including phenoxy) is 2. The molecule has 124 valence electrons. The fraction of sp³-hybridized carbons (Fsp3) is 0.857. The Morgan fingerprint density at radius 3 is 2.33 bits per heavy atom. The number of carbonyl (C=O) groups is 2. The number of aliphatic carboxylic acids is 1. The summed E-state index contributed by atoms with van der Waals surface area (Å²) < 4.78 is 9.89. The zero-order valence-electron chi connectivity index (χ0n) is 13.4. The van der Waals surface area contributed by atoms with Gasteiger partial charge in [-0.25, -0.2) is 9.59 Å². The summed E-state index contributed by atoms with van der Waals surface area (Å²) in [7, 11) is 3.19. The maximum absolute atomic E-state index is 11.8. The number of rotatable bonds is 11. The second kappa shape index (κ2) is 10.4. The fourth-order valence-corrected chi connectivity index (χ4v) is 1.68. The third kappa shape index (κ3) is 10.1. The number of methoxy groups -OCH3 is 2. The smallest absolute Gasteiger partial charge is 0.326 e. The van der Waals surface area contributed by atoms with Crippen LogP contribution in [-0.2, 0) is 14.3 Å². The van der Waals surface area contributed by atoms with Crippen molar-refractivity contribution in [2.24, 2.45) is 5.41 Å². The minimum atomic E-state index is -1.04. The normalized spacial score (nSPS) is 12.8. The number of hydrogen-bond acceptors (Lipinski definition) is 4. The highest BCUT2D eigenvalue weighted by Gasteiger charge is 2.22. The fourth-order valence-electron chi connectivity index (χ4n) is 1.68. The van der Waals surface area contributed by atoms with Gasteiger partial charge in [-0.2, -0.15) is 0 Å². The van der Waals surface area contributed by atoms with Crippen molar-refractivity contribution in [3.8, 4) is 0 Å². The van der Waals surface area contributed by atoms with Gasteiger partial charge < -0.3 is 25.2 Å². The van der Waals surface area contributed by atoms with Crippen LogP contribution in [0.3, 0.4) is 0 Å². The molecule has 0 saturated carbocycles. The van der Waals surface area contributed by atoms with Gasteiger partial charge in [-0.1, -0.05) is 13.8 Å². The Kier molecular flexibility index (Phi) is 9.73. The highest BCUT2D eigenvalue weighted by molar-refractivity contribution is 5.82. The van der Waals surface area contributed by atoms with E-state index in [4.69, 9.17) is 14.6 Å². The van der Waals surface area contributed by atoms with E-state index in [2.05, 4.69) is 10.6 Å². The molecule has 0 fully saturated rings. The molecule has 0 radical (unpaired) electrons. The first-order valence-corrected chi connectivity index (χ1v) is 7.07. The number of amides is 2. The van der Waals surface area contributed by atoms with Crippen LogP contribution in [0.2, 0.25) is 0 Å². The number of carboxylic acid groups (broad SMARTS) is 1. The lowest BCUT2D eigenvalue weighted by atomic mass is 9.90. The number of carbonyl (C=O) groups excluding carboxylic acids is 1. The number of carboxylic acids is 1. The second-order valence-corrected chi connectivity index (χ2v) is 5.76. The quantitative estimate of drug-likeness (QED) is 0.499. The summed E-state index contributed by atoms with van der Waals surface area (Å²) in [4.78, 5) is 22.8. The van der Waals surface area contributed by atoms with Crippen LogP contribution in [0.25, 0.3) is 0 Å². The summed E-state index contributed by atoms with van der Waals surface area (Å²) in [6, 6.07) is -1.37. The van der Waals surface area contributed by atoms with E-state index in [1.165, 1.54) is 0 Å². The lowest BCUT2D eigenvalue weighted by Crippen LogP contribution is -2.48. The third-order valence-electron chi connectivity index (χ3n) is 3.16. The molecular weight excluding hydrogens is 276 g/mol. The molecule has 0 bridgehead atoms. The van der Waals surface area contributed by atoms with Crippen LogP contribution in [0.15, 0.2) is 0 Å². The second-order valence-electron chi connectivity index (χ2n) is 5.76. The van der Waals surface area contributed by atoms with E-state index < -0.39 is 18.0 Å². The Morgan fingerprint density at radius 2 is 1.81 bits per heavy atom.